The lowest BCUT2D eigenvalue weighted by molar-refractivity contribution is 0.221. The lowest BCUT2D eigenvalue weighted by Gasteiger charge is -2.26. The van der Waals surface area contributed by atoms with Crippen LogP contribution in [0.1, 0.15) is 59.4 Å². The summed E-state index contributed by atoms with van der Waals surface area (Å²) in [6.45, 7) is 6.28. The fourth-order valence-electron chi connectivity index (χ4n) is 6.99. The van der Waals surface area contributed by atoms with E-state index in [2.05, 4.69) is 21.9 Å². The molecule has 0 spiro atoms. The molecule has 1 atom stereocenters. The first-order chi connectivity index (χ1) is 23.6. The molecule has 4 aromatic rings. The second-order valence-corrected chi connectivity index (χ2v) is 17.7. The van der Waals surface area contributed by atoms with Crippen molar-refractivity contribution in [2.75, 3.05) is 40.3 Å². The first-order valence-corrected chi connectivity index (χ1v) is 20.1. The summed E-state index contributed by atoms with van der Waals surface area (Å²) < 4.78 is 56.1. The number of sulfonamides is 2. The molecule has 8 nitrogen and oxygen atoms in total. The first kappa shape index (κ1) is 35.4. The van der Waals surface area contributed by atoms with E-state index in [1.807, 2.05) is 66.7 Å². The van der Waals surface area contributed by atoms with Crippen molar-refractivity contribution in [3.63, 3.8) is 0 Å². The van der Waals surface area contributed by atoms with Gasteiger partial charge >= 0.3 is 0 Å². The minimum Gasteiger partial charge on any atom is -0.299 e. The van der Waals surface area contributed by atoms with Gasteiger partial charge in [0.15, 0.2) is 0 Å². The topological polar surface area (TPSA) is 81.2 Å². The minimum absolute atomic E-state index is 0.294. The average molecular weight is 701 g/mol. The molecule has 1 unspecified atom stereocenters. The van der Waals surface area contributed by atoms with Crippen LogP contribution < -0.4 is 0 Å². The summed E-state index contributed by atoms with van der Waals surface area (Å²) in [5.41, 5.74) is 5.36. The number of benzene rings is 4. The van der Waals surface area contributed by atoms with Crippen LogP contribution in [0.3, 0.4) is 0 Å². The molecule has 0 N–H and O–H groups in total. The van der Waals surface area contributed by atoms with Crippen LogP contribution >= 0.6 is 0 Å². The van der Waals surface area contributed by atoms with Crippen molar-refractivity contribution in [2.24, 2.45) is 0 Å². The molecule has 4 aromatic carbocycles. The van der Waals surface area contributed by atoms with Crippen molar-refractivity contribution in [2.45, 2.75) is 67.6 Å². The predicted octanol–water partition coefficient (Wildman–Crippen LogP) is 6.30. The highest BCUT2D eigenvalue weighted by Gasteiger charge is 2.26. The molecule has 0 bridgehead atoms. The van der Waals surface area contributed by atoms with Crippen LogP contribution in [0.25, 0.3) is 0 Å². The zero-order valence-corrected chi connectivity index (χ0v) is 30.2. The molecule has 2 saturated heterocycles. The molecule has 2 aliphatic heterocycles. The first-order valence-electron chi connectivity index (χ1n) is 17.3. The van der Waals surface area contributed by atoms with E-state index in [1.165, 1.54) is 33.4 Å². The summed E-state index contributed by atoms with van der Waals surface area (Å²) in [5, 5.41) is 0. The molecule has 2 heterocycles. The Morgan fingerprint density at radius 3 is 1.69 bits per heavy atom. The van der Waals surface area contributed by atoms with Gasteiger partial charge in [0.2, 0.25) is 20.0 Å². The van der Waals surface area contributed by atoms with Crippen molar-refractivity contribution in [1.29, 1.82) is 0 Å². The Balaban J connectivity index is 1.02. The highest BCUT2D eigenvalue weighted by Crippen LogP contribution is 2.30. The van der Waals surface area contributed by atoms with Crippen LogP contribution in [0.5, 0.6) is 0 Å². The molecular weight excluding hydrogens is 653 g/mol. The quantitative estimate of drug-likeness (QED) is 0.163. The summed E-state index contributed by atoms with van der Waals surface area (Å²) in [5.74, 6) is 0.348. The van der Waals surface area contributed by atoms with Crippen LogP contribution in [0.2, 0.25) is 0 Å². The molecule has 0 aliphatic carbocycles. The van der Waals surface area contributed by atoms with E-state index < -0.39 is 20.0 Å². The summed E-state index contributed by atoms with van der Waals surface area (Å²) in [4.78, 5) is 5.45. The molecule has 6 rings (SSSR count). The van der Waals surface area contributed by atoms with E-state index in [0.717, 1.165) is 67.9 Å². The van der Waals surface area contributed by atoms with E-state index in [0.29, 0.717) is 28.8 Å². The number of nitrogens with zero attached hydrogens (tertiary/aromatic N) is 4. The second kappa shape index (κ2) is 15.7. The van der Waals surface area contributed by atoms with Crippen molar-refractivity contribution in [3.8, 4) is 0 Å². The van der Waals surface area contributed by atoms with Gasteiger partial charge < -0.3 is 0 Å². The Morgan fingerprint density at radius 1 is 0.571 bits per heavy atom. The third-order valence-electron chi connectivity index (χ3n) is 9.87. The summed E-state index contributed by atoms with van der Waals surface area (Å²) in [7, 11) is -3.95. The van der Waals surface area contributed by atoms with Gasteiger partial charge in [-0.15, -0.1) is 0 Å². The monoisotopic (exact) mass is 700 g/mol. The molecule has 260 valence electrons. The van der Waals surface area contributed by atoms with Gasteiger partial charge in [0.05, 0.1) is 9.79 Å². The SMILES string of the molecule is CN(Cc1ccccc1)S(=O)(=O)c1ccc(CN2CCC(c3cccc(CN(C)S(=O)(=O)c4ccc(CN5CCCCC5)cc4)c3)C2)cc1. The lowest BCUT2D eigenvalue weighted by atomic mass is 9.96. The van der Waals surface area contributed by atoms with Gasteiger partial charge in [-0.3, -0.25) is 9.80 Å². The fourth-order valence-corrected chi connectivity index (χ4v) is 9.31. The van der Waals surface area contributed by atoms with Gasteiger partial charge in [-0.1, -0.05) is 85.3 Å². The highest BCUT2D eigenvalue weighted by molar-refractivity contribution is 7.89. The summed E-state index contributed by atoms with van der Waals surface area (Å²) >= 11 is 0. The highest BCUT2D eigenvalue weighted by atomic mass is 32.2. The molecular formula is C39H48N4O4S2. The third-order valence-corrected chi connectivity index (χ3v) is 13.5. The number of hydrogen-bond donors (Lipinski definition) is 0. The summed E-state index contributed by atoms with van der Waals surface area (Å²) in [6.07, 6.45) is 4.77. The Bertz CT molecular complexity index is 1890. The van der Waals surface area contributed by atoms with Crippen molar-refractivity contribution >= 4 is 20.0 Å². The Labute approximate surface area is 293 Å². The van der Waals surface area contributed by atoms with E-state index in [-0.39, 0.29) is 0 Å². The predicted molar refractivity (Wildman–Crippen MR) is 195 cm³/mol. The zero-order valence-electron chi connectivity index (χ0n) is 28.6. The van der Waals surface area contributed by atoms with E-state index in [1.54, 1.807) is 38.4 Å². The second-order valence-electron chi connectivity index (χ2n) is 13.6. The molecule has 0 aromatic heterocycles. The fraction of sp³-hybridized carbons (Fsp3) is 0.385. The lowest BCUT2D eigenvalue weighted by Crippen LogP contribution is -2.29. The smallest absolute Gasteiger partial charge is 0.243 e. The molecule has 0 saturated carbocycles. The number of rotatable bonds is 13. The summed E-state index contributed by atoms with van der Waals surface area (Å²) in [6, 6.07) is 32.5. The maximum absolute atomic E-state index is 13.5. The average Bonchev–Trinajstić information content (AvgIpc) is 3.58. The molecule has 0 radical (unpaired) electrons. The number of piperidine rings is 1. The van der Waals surface area contributed by atoms with Crippen LogP contribution in [0.15, 0.2) is 113 Å². The van der Waals surface area contributed by atoms with E-state index in [4.69, 9.17) is 0 Å². The van der Waals surface area contributed by atoms with Crippen molar-refractivity contribution in [1.82, 2.24) is 18.4 Å². The third kappa shape index (κ3) is 8.86. The molecule has 2 fully saturated rings. The maximum atomic E-state index is 13.5. The van der Waals surface area contributed by atoms with Crippen LogP contribution in [-0.4, -0.2) is 75.5 Å². The standard InChI is InChI=1S/C39H48N4O4S2/c1-40(27-32-10-5-3-6-11-32)48(44,45)38-20-16-34(17-21-38)30-43-25-22-37(31-43)36-13-9-12-35(26-36)28-41(2)49(46,47)39-18-14-33(15-19-39)29-42-23-7-4-8-24-42/h3,5-6,9-21,26,37H,4,7-8,22-25,27-31H2,1-2H3. The molecule has 10 heteroatoms. The largest absolute Gasteiger partial charge is 0.299 e. The van der Waals surface area contributed by atoms with E-state index in [9.17, 15) is 16.8 Å². The normalized spacial score (nSPS) is 18.0. The Kier molecular flexibility index (Phi) is 11.3. The molecule has 49 heavy (non-hydrogen) atoms. The van der Waals surface area contributed by atoms with Gasteiger partial charge in [0.1, 0.15) is 0 Å². The number of hydrogen-bond acceptors (Lipinski definition) is 6. The maximum Gasteiger partial charge on any atom is 0.243 e. The van der Waals surface area contributed by atoms with Crippen molar-refractivity contribution < 1.29 is 16.8 Å². The van der Waals surface area contributed by atoms with Gasteiger partial charge in [-0.05, 0) is 96.9 Å². The Morgan fingerprint density at radius 2 is 1.10 bits per heavy atom. The van der Waals surface area contributed by atoms with Crippen LogP contribution in [0, 0.1) is 0 Å². The van der Waals surface area contributed by atoms with Gasteiger partial charge in [0.25, 0.3) is 0 Å². The van der Waals surface area contributed by atoms with E-state index >= 15 is 0 Å². The molecule has 2 aliphatic rings. The number of likely N-dealkylation sites (tertiary alicyclic amines) is 2. The molecule has 0 amide bonds. The van der Waals surface area contributed by atoms with Gasteiger partial charge in [-0.25, -0.2) is 16.8 Å². The van der Waals surface area contributed by atoms with Gasteiger partial charge in [0, 0.05) is 46.8 Å². The van der Waals surface area contributed by atoms with Crippen molar-refractivity contribution in [3.05, 3.63) is 131 Å². The zero-order chi connectivity index (χ0) is 34.4. The van der Waals surface area contributed by atoms with Crippen LogP contribution in [-0.2, 0) is 46.2 Å². The Hall–Kier alpha value is -3.38. The minimum atomic E-state index is -3.62. The van der Waals surface area contributed by atoms with Crippen LogP contribution in [0.4, 0.5) is 0 Å². The van der Waals surface area contributed by atoms with Gasteiger partial charge in [-0.2, -0.15) is 8.61 Å².